The number of amidine groups is 1. The third-order valence-corrected chi connectivity index (χ3v) is 5.53. The summed E-state index contributed by atoms with van der Waals surface area (Å²) in [5.41, 5.74) is 8.49. The molecular formula is C22H23N5O3S. The molecule has 0 unspecified atom stereocenters. The number of primary sulfonamides is 1. The van der Waals surface area contributed by atoms with Gasteiger partial charge in [0.2, 0.25) is 10.0 Å². The second-order valence-corrected chi connectivity index (χ2v) is 8.33. The smallest absolute Gasteiger partial charge is 0.251 e. The molecule has 0 heterocycles. The molecule has 3 aromatic rings. The number of nitrogens with one attached hydrogen (secondary N) is 3. The Balaban J connectivity index is 1.59. The van der Waals surface area contributed by atoms with Crippen molar-refractivity contribution in [3.8, 4) is 11.1 Å². The summed E-state index contributed by atoms with van der Waals surface area (Å²) in [7, 11) is -3.86. The van der Waals surface area contributed by atoms with E-state index in [4.69, 9.17) is 16.3 Å². The first-order chi connectivity index (χ1) is 14.8. The Labute approximate surface area is 180 Å². The molecule has 0 saturated carbocycles. The fraction of sp³-hybridized carbons (Fsp3) is 0.0909. The molecule has 8 nitrogen and oxygen atoms in total. The van der Waals surface area contributed by atoms with Gasteiger partial charge in [-0.1, -0.05) is 42.5 Å². The molecule has 0 fully saturated rings. The lowest BCUT2D eigenvalue weighted by atomic mass is 10.0. The highest BCUT2D eigenvalue weighted by molar-refractivity contribution is 7.89. The number of carbonyl (C=O) groups excluding carboxylic acids is 1. The molecule has 160 valence electrons. The number of sulfonamides is 1. The second kappa shape index (κ2) is 9.41. The zero-order valence-corrected chi connectivity index (χ0v) is 17.4. The SMILES string of the molecule is N=C(N)c1cccc(NCCNC(=O)c2ccc(-c3ccccc3S(N)(=O)=O)cc2)c1. The Morgan fingerprint density at radius 3 is 2.29 bits per heavy atom. The standard InChI is InChI=1S/C22H23N5O3S/c23-21(24)17-4-3-5-18(14-17)26-12-13-27-22(28)16-10-8-15(9-11-16)19-6-1-2-7-20(19)31(25,29)30/h1-11,14,26H,12-13H2,(H3,23,24)(H,27,28)(H2,25,29,30). The maximum atomic E-state index is 12.4. The highest BCUT2D eigenvalue weighted by Crippen LogP contribution is 2.26. The van der Waals surface area contributed by atoms with Crippen LogP contribution in [0.4, 0.5) is 5.69 Å². The van der Waals surface area contributed by atoms with E-state index in [0.717, 1.165) is 5.69 Å². The molecule has 1 amide bonds. The van der Waals surface area contributed by atoms with Crippen LogP contribution in [0.3, 0.4) is 0 Å². The van der Waals surface area contributed by atoms with Gasteiger partial charge in [-0.3, -0.25) is 10.2 Å². The van der Waals surface area contributed by atoms with Crippen LogP contribution < -0.4 is 21.5 Å². The average Bonchev–Trinajstić information content (AvgIpc) is 2.76. The molecule has 0 spiro atoms. The molecule has 3 aromatic carbocycles. The van der Waals surface area contributed by atoms with Crippen LogP contribution in [-0.4, -0.2) is 33.3 Å². The van der Waals surface area contributed by atoms with Crippen molar-refractivity contribution in [3.63, 3.8) is 0 Å². The number of hydrogen-bond donors (Lipinski definition) is 5. The molecular weight excluding hydrogens is 414 g/mol. The van der Waals surface area contributed by atoms with E-state index in [1.165, 1.54) is 6.07 Å². The normalized spacial score (nSPS) is 11.0. The predicted octanol–water partition coefficient (Wildman–Crippen LogP) is 2.13. The van der Waals surface area contributed by atoms with Crippen LogP contribution >= 0.6 is 0 Å². The summed E-state index contributed by atoms with van der Waals surface area (Å²) in [6.45, 7) is 0.881. The van der Waals surface area contributed by atoms with E-state index in [1.807, 2.05) is 6.07 Å². The highest BCUT2D eigenvalue weighted by atomic mass is 32.2. The van der Waals surface area contributed by atoms with Crippen molar-refractivity contribution >= 4 is 27.5 Å². The van der Waals surface area contributed by atoms with Crippen LogP contribution in [0.25, 0.3) is 11.1 Å². The fourth-order valence-corrected chi connectivity index (χ4v) is 3.80. The van der Waals surface area contributed by atoms with E-state index < -0.39 is 10.0 Å². The van der Waals surface area contributed by atoms with Gasteiger partial charge in [-0.15, -0.1) is 0 Å². The first-order valence-electron chi connectivity index (χ1n) is 9.44. The summed E-state index contributed by atoms with van der Waals surface area (Å²) in [5.74, 6) is -0.252. The van der Waals surface area contributed by atoms with Crippen molar-refractivity contribution in [2.45, 2.75) is 4.90 Å². The van der Waals surface area contributed by atoms with E-state index >= 15 is 0 Å². The minimum atomic E-state index is -3.86. The molecule has 7 N–H and O–H groups in total. The maximum Gasteiger partial charge on any atom is 0.251 e. The van der Waals surface area contributed by atoms with E-state index in [0.29, 0.717) is 35.3 Å². The molecule has 0 atom stereocenters. The molecule has 9 heteroatoms. The van der Waals surface area contributed by atoms with Gasteiger partial charge in [0.05, 0.1) is 4.90 Å². The molecule has 0 aliphatic carbocycles. The third-order valence-electron chi connectivity index (χ3n) is 4.56. The van der Waals surface area contributed by atoms with Crippen LogP contribution in [0.5, 0.6) is 0 Å². The lowest BCUT2D eigenvalue weighted by Gasteiger charge is -2.10. The number of nitrogens with two attached hydrogens (primary N) is 2. The largest absolute Gasteiger partial charge is 0.384 e. The Morgan fingerprint density at radius 1 is 0.903 bits per heavy atom. The van der Waals surface area contributed by atoms with Crippen molar-refractivity contribution in [3.05, 3.63) is 83.9 Å². The van der Waals surface area contributed by atoms with Crippen LogP contribution in [0.15, 0.2) is 77.7 Å². The summed E-state index contributed by atoms with van der Waals surface area (Å²) in [6.07, 6.45) is 0. The van der Waals surface area contributed by atoms with Crippen molar-refractivity contribution in [1.29, 1.82) is 5.41 Å². The first-order valence-corrected chi connectivity index (χ1v) is 11.0. The van der Waals surface area contributed by atoms with E-state index in [9.17, 15) is 13.2 Å². The summed E-state index contributed by atoms with van der Waals surface area (Å²) in [5, 5.41) is 18.7. The molecule has 0 aliphatic rings. The minimum Gasteiger partial charge on any atom is -0.384 e. The number of hydrogen-bond acceptors (Lipinski definition) is 5. The third kappa shape index (κ3) is 5.68. The Hall–Kier alpha value is -3.69. The van der Waals surface area contributed by atoms with Gasteiger partial charge in [0.1, 0.15) is 5.84 Å². The van der Waals surface area contributed by atoms with Gasteiger partial charge in [-0.25, -0.2) is 13.6 Å². The molecule has 0 aliphatic heterocycles. The number of rotatable bonds is 8. The van der Waals surface area contributed by atoms with E-state index in [1.54, 1.807) is 60.7 Å². The number of anilines is 1. The number of amides is 1. The van der Waals surface area contributed by atoms with Gasteiger partial charge in [0, 0.05) is 35.5 Å². The molecule has 0 saturated heterocycles. The summed E-state index contributed by atoms with van der Waals surface area (Å²) >= 11 is 0. The van der Waals surface area contributed by atoms with Gasteiger partial charge in [-0.05, 0) is 35.9 Å². The van der Waals surface area contributed by atoms with Gasteiger partial charge < -0.3 is 16.4 Å². The second-order valence-electron chi connectivity index (χ2n) is 6.80. The van der Waals surface area contributed by atoms with Gasteiger partial charge in [-0.2, -0.15) is 0 Å². The quantitative estimate of drug-likeness (QED) is 0.208. The molecule has 3 rings (SSSR count). The highest BCUT2D eigenvalue weighted by Gasteiger charge is 2.15. The van der Waals surface area contributed by atoms with Crippen molar-refractivity contribution in [1.82, 2.24) is 5.32 Å². The average molecular weight is 438 g/mol. The zero-order chi connectivity index (χ0) is 22.4. The van der Waals surface area contributed by atoms with Crippen LogP contribution in [0, 0.1) is 5.41 Å². The summed E-state index contributed by atoms with van der Waals surface area (Å²) in [6, 6.07) is 20.3. The first kappa shape index (κ1) is 22.0. The lowest BCUT2D eigenvalue weighted by molar-refractivity contribution is 0.0955. The lowest BCUT2D eigenvalue weighted by Crippen LogP contribution is -2.28. The van der Waals surface area contributed by atoms with Gasteiger partial charge in [0.25, 0.3) is 5.91 Å². The van der Waals surface area contributed by atoms with Gasteiger partial charge in [0.15, 0.2) is 0 Å². The zero-order valence-electron chi connectivity index (χ0n) is 16.6. The Kier molecular flexibility index (Phi) is 6.68. The topological polar surface area (TPSA) is 151 Å². The molecule has 0 bridgehead atoms. The monoisotopic (exact) mass is 437 g/mol. The number of carbonyl (C=O) groups is 1. The molecule has 0 radical (unpaired) electrons. The summed E-state index contributed by atoms with van der Waals surface area (Å²) < 4.78 is 23.6. The number of nitrogen functional groups attached to an aromatic ring is 1. The summed E-state index contributed by atoms with van der Waals surface area (Å²) in [4.78, 5) is 12.4. The van der Waals surface area contributed by atoms with Crippen LogP contribution in [-0.2, 0) is 10.0 Å². The van der Waals surface area contributed by atoms with Gasteiger partial charge >= 0.3 is 0 Å². The molecule has 0 aromatic heterocycles. The Bertz CT molecular complexity index is 1210. The molecule has 31 heavy (non-hydrogen) atoms. The minimum absolute atomic E-state index is 0.00733. The number of benzene rings is 3. The fourth-order valence-electron chi connectivity index (χ4n) is 3.04. The van der Waals surface area contributed by atoms with Crippen molar-refractivity contribution in [2.75, 3.05) is 18.4 Å². The van der Waals surface area contributed by atoms with Crippen molar-refractivity contribution in [2.24, 2.45) is 10.9 Å². The maximum absolute atomic E-state index is 12.4. The van der Waals surface area contributed by atoms with E-state index in [-0.39, 0.29) is 16.6 Å². The van der Waals surface area contributed by atoms with Crippen LogP contribution in [0.2, 0.25) is 0 Å². The Morgan fingerprint density at radius 2 is 1.61 bits per heavy atom. The van der Waals surface area contributed by atoms with Crippen LogP contribution in [0.1, 0.15) is 15.9 Å². The van der Waals surface area contributed by atoms with Crippen molar-refractivity contribution < 1.29 is 13.2 Å². The predicted molar refractivity (Wildman–Crippen MR) is 122 cm³/mol. The van der Waals surface area contributed by atoms with E-state index in [2.05, 4.69) is 10.6 Å².